The molecule has 1 aliphatic rings. The van der Waals surface area contributed by atoms with Crippen molar-refractivity contribution in [3.63, 3.8) is 0 Å². The summed E-state index contributed by atoms with van der Waals surface area (Å²) >= 11 is 0. The van der Waals surface area contributed by atoms with Crippen LogP contribution in [0.1, 0.15) is 24.0 Å². The van der Waals surface area contributed by atoms with Crippen molar-refractivity contribution in [2.24, 2.45) is 11.7 Å². The number of likely N-dealkylation sites (N-methyl/N-ethyl adjacent to an activating group) is 1. The molecule has 1 fully saturated rings. The average molecular weight is 302 g/mol. The minimum Gasteiger partial charge on any atom is -0.379 e. The van der Waals surface area contributed by atoms with Gasteiger partial charge in [-0.25, -0.2) is 0 Å². The normalized spacial score (nSPS) is 15.3. The average Bonchev–Trinajstić information content (AvgIpc) is 3.25. The SMILES string of the molecule is CN(CCOCC1CC1)c1ccc(C(F)(F)F)cc1CN. The highest BCUT2D eigenvalue weighted by Crippen LogP contribution is 2.32. The summed E-state index contributed by atoms with van der Waals surface area (Å²) in [5.41, 5.74) is 6.13. The van der Waals surface area contributed by atoms with Gasteiger partial charge in [0.25, 0.3) is 0 Å². The standard InChI is InChI=1S/C15H21F3N2O/c1-20(6-7-21-10-11-2-3-11)14-5-4-13(15(16,17)18)8-12(14)9-19/h4-5,8,11H,2-3,6-7,9-10,19H2,1H3. The first-order chi connectivity index (χ1) is 9.91. The van der Waals surface area contributed by atoms with E-state index in [1.807, 2.05) is 11.9 Å². The van der Waals surface area contributed by atoms with Crippen molar-refractivity contribution in [2.45, 2.75) is 25.6 Å². The van der Waals surface area contributed by atoms with E-state index in [2.05, 4.69) is 0 Å². The molecule has 1 saturated carbocycles. The van der Waals surface area contributed by atoms with Crippen LogP contribution >= 0.6 is 0 Å². The van der Waals surface area contributed by atoms with Gasteiger partial charge in [-0.3, -0.25) is 0 Å². The molecule has 0 amide bonds. The summed E-state index contributed by atoms with van der Waals surface area (Å²) in [6.45, 7) is 2.06. The molecule has 0 unspecified atom stereocenters. The van der Waals surface area contributed by atoms with Crippen molar-refractivity contribution in [2.75, 3.05) is 31.7 Å². The van der Waals surface area contributed by atoms with Crippen molar-refractivity contribution >= 4 is 5.69 Å². The summed E-state index contributed by atoms with van der Waals surface area (Å²) in [5, 5.41) is 0. The monoisotopic (exact) mass is 302 g/mol. The third-order valence-electron chi connectivity index (χ3n) is 3.66. The van der Waals surface area contributed by atoms with Crippen LogP contribution in [-0.4, -0.2) is 26.8 Å². The number of halogens is 3. The van der Waals surface area contributed by atoms with Crippen molar-refractivity contribution in [1.82, 2.24) is 0 Å². The molecule has 1 aromatic rings. The molecule has 21 heavy (non-hydrogen) atoms. The maximum Gasteiger partial charge on any atom is 0.416 e. The predicted molar refractivity (Wildman–Crippen MR) is 76.1 cm³/mol. The van der Waals surface area contributed by atoms with Crippen LogP contribution in [0.3, 0.4) is 0 Å². The number of ether oxygens (including phenoxy) is 1. The predicted octanol–water partition coefficient (Wildman–Crippen LogP) is 3.03. The molecular weight excluding hydrogens is 281 g/mol. The second-order valence-corrected chi connectivity index (χ2v) is 5.49. The first-order valence-corrected chi connectivity index (χ1v) is 7.11. The molecular formula is C15H21F3N2O. The molecule has 3 nitrogen and oxygen atoms in total. The van der Waals surface area contributed by atoms with Crippen LogP contribution in [0.25, 0.3) is 0 Å². The van der Waals surface area contributed by atoms with Gasteiger partial charge in [0.05, 0.1) is 12.2 Å². The molecule has 1 aliphatic carbocycles. The Hall–Kier alpha value is -1.27. The number of benzene rings is 1. The molecule has 0 aliphatic heterocycles. The summed E-state index contributed by atoms with van der Waals surface area (Å²) in [7, 11) is 1.84. The Balaban J connectivity index is 1.96. The molecule has 2 rings (SSSR count). The molecule has 0 heterocycles. The van der Waals surface area contributed by atoms with E-state index in [0.717, 1.165) is 24.4 Å². The lowest BCUT2D eigenvalue weighted by molar-refractivity contribution is -0.137. The summed E-state index contributed by atoms with van der Waals surface area (Å²) < 4.78 is 43.6. The number of rotatable bonds is 7. The minimum absolute atomic E-state index is 0.0759. The Morgan fingerprint density at radius 1 is 1.33 bits per heavy atom. The van der Waals surface area contributed by atoms with Gasteiger partial charge < -0.3 is 15.4 Å². The Bertz CT molecular complexity index is 472. The van der Waals surface area contributed by atoms with E-state index in [-0.39, 0.29) is 6.54 Å². The number of hydrogen-bond donors (Lipinski definition) is 1. The zero-order valence-corrected chi connectivity index (χ0v) is 12.1. The fourth-order valence-corrected chi connectivity index (χ4v) is 2.15. The van der Waals surface area contributed by atoms with E-state index in [1.54, 1.807) is 0 Å². The maximum absolute atomic E-state index is 12.7. The second kappa shape index (κ2) is 6.66. The molecule has 6 heteroatoms. The lowest BCUT2D eigenvalue weighted by Gasteiger charge is -2.23. The van der Waals surface area contributed by atoms with Crippen LogP contribution in [0.2, 0.25) is 0 Å². The van der Waals surface area contributed by atoms with E-state index in [9.17, 15) is 13.2 Å². The van der Waals surface area contributed by atoms with Gasteiger partial charge in [-0.1, -0.05) is 0 Å². The van der Waals surface area contributed by atoms with Crippen LogP contribution < -0.4 is 10.6 Å². The van der Waals surface area contributed by atoms with Crippen LogP contribution in [-0.2, 0) is 17.5 Å². The number of hydrogen-bond acceptors (Lipinski definition) is 3. The molecule has 0 radical (unpaired) electrons. The van der Waals surface area contributed by atoms with Gasteiger partial charge >= 0.3 is 6.18 Å². The van der Waals surface area contributed by atoms with Crippen molar-refractivity contribution < 1.29 is 17.9 Å². The number of alkyl halides is 3. The smallest absolute Gasteiger partial charge is 0.379 e. The van der Waals surface area contributed by atoms with Crippen LogP contribution in [0.5, 0.6) is 0 Å². The first kappa shape index (κ1) is 16.1. The number of nitrogens with two attached hydrogens (primary N) is 1. The molecule has 0 bridgehead atoms. The van der Waals surface area contributed by atoms with E-state index >= 15 is 0 Å². The lowest BCUT2D eigenvalue weighted by Crippen LogP contribution is -2.25. The highest BCUT2D eigenvalue weighted by atomic mass is 19.4. The van der Waals surface area contributed by atoms with Crippen LogP contribution in [0.15, 0.2) is 18.2 Å². The Kier molecular flexibility index (Phi) is 5.11. The van der Waals surface area contributed by atoms with Gasteiger partial charge in [0.15, 0.2) is 0 Å². The van der Waals surface area contributed by atoms with Crippen LogP contribution in [0.4, 0.5) is 18.9 Å². The van der Waals surface area contributed by atoms with Gasteiger partial charge in [-0.2, -0.15) is 13.2 Å². The third-order valence-corrected chi connectivity index (χ3v) is 3.66. The quantitative estimate of drug-likeness (QED) is 0.787. The Morgan fingerprint density at radius 2 is 2.05 bits per heavy atom. The molecule has 0 atom stereocenters. The zero-order chi connectivity index (χ0) is 15.5. The number of anilines is 1. The van der Waals surface area contributed by atoms with Gasteiger partial charge in [0.1, 0.15) is 0 Å². The van der Waals surface area contributed by atoms with Crippen LogP contribution in [0, 0.1) is 5.92 Å². The van der Waals surface area contributed by atoms with Gasteiger partial charge in [-0.15, -0.1) is 0 Å². The molecule has 1 aromatic carbocycles. The molecule has 0 spiro atoms. The van der Waals surface area contributed by atoms with Crippen molar-refractivity contribution in [3.05, 3.63) is 29.3 Å². The lowest BCUT2D eigenvalue weighted by atomic mass is 10.1. The molecule has 2 N–H and O–H groups in total. The van der Waals surface area contributed by atoms with Gasteiger partial charge in [-0.05, 0) is 42.5 Å². The fourth-order valence-electron chi connectivity index (χ4n) is 2.15. The first-order valence-electron chi connectivity index (χ1n) is 7.11. The second-order valence-electron chi connectivity index (χ2n) is 5.49. The summed E-state index contributed by atoms with van der Waals surface area (Å²) in [4.78, 5) is 1.88. The highest BCUT2D eigenvalue weighted by Gasteiger charge is 2.31. The molecule has 0 saturated heterocycles. The Labute approximate surface area is 122 Å². The topological polar surface area (TPSA) is 38.5 Å². The highest BCUT2D eigenvalue weighted by molar-refractivity contribution is 5.55. The summed E-state index contributed by atoms with van der Waals surface area (Å²) in [5.74, 6) is 0.709. The zero-order valence-electron chi connectivity index (χ0n) is 12.1. The largest absolute Gasteiger partial charge is 0.416 e. The van der Waals surface area contributed by atoms with E-state index in [4.69, 9.17) is 10.5 Å². The summed E-state index contributed by atoms with van der Waals surface area (Å²) in [6, 6.07) is 3.69. The number of nitrogens with zero attached hydrogens (tertiary/aromatic N) is 1. The minimum atomic E-state index is -4.34. The van der Waals surface area contributed by atoms with E-state index in [0.29, 0.717) is 24.6 Å². The van der Waals surface area contributed by atoms with Gasteiger partial charge in [0.2, 0.25) is 0 Å². The fraction of sp³-hybridized carbons (Fsp3) is 0.600. The summed E-state index contributed by atoms with van der Waals surface area (Å²) in [6.07, 6.45) is -1.85. The van der Waals surface area contributed by atoms with E-state index in [1.165, 1.54) is 18.9 Å². The van der Waals surface area contributed by atoms with Gasteiger partial charge in [0, 0.05) is 32.4 Å². The Morgan fingerprint density at radius 3 is 2.62 bits per heavy atom. The third kappa shape index (κ3) is 4.61. The van der Waals surface area contributed by atoms with E-state index < -0.39 is 11.7 Å². The maximum atomic E-state index is 12.7. The van der Waals surface area contributed by atoms with Crippen molar-refractivity contribution in [3.8, 4) is 0 Å². The molecule has 118 valence electrons. The molecule has 0 aromatic heterocycles. The van der Waals surface area contributed by atoms with Crippen molar-refractivity contribution in [1.29, 1.82) is 0 Å².